The second-order valence-corrected chi connectivity index (χ2v) is 13.2. The van der Waals surface area contributed by atoms with Crippen molar-refractivity contribution in [3.63, 3.8) is 0 Å². The zero-order valence-electron chi connectivity index (χ0n) is 25.3. The number of sulfone groups is 1. The molecule has 0 aromatic heterocycles. The summed E-state index contributed by atoms with van der Waals surface area (Å²) in [7, 11) is -4.35. The van der Waals surface area contributed by atoms with E-state index in [0.717, 1.165) is 30.7 Å². The Morgan fingerprint density at radius 1 is 1.00 bits per heavy atom. The number of anilines is 1. The average molecular weight is 673 g/mol. The first kappa shape index (κ1) is 35.0. The van der Waals surface area contributed by atoms with E-state index in [4.69, 9.17) is 14.2 Å². The highest BCUT2D eigenvalue weighted by Crippen LogP contribution is 2.49. The summed E-state index contributed by atoms with van der Waals surface area (Å²) in [6, 6.07) is 5.51. The molecule has 2 aromatic carbocycles. The summed E-state index contributed by atoms with van der Waals surface area (Å²) in [5.74, 6) is -3.39. The molecular formula is C31H36F4N2O8S. The summed E-state index contributed by atoms with van der Waals surface area (Å²) < 4.78 is 93.4. The van der Waals surface area contributed by atoms with Gasteiger partial charge in [-0.3, -0.25) is 14.4 Å². The molecule has 2 fully saturated rings. The van der Waals surface area contributed by atoms with Crippen LogP contribution < -0.4 is 20.1 Å². The first-order valence-corrected chi connectivity index (χ1v) is 16.4. The molecule has 0 radical (unpaired) electrons. The standard InChI is InChI=1S/C31H36F4N2O8S/c1-3-44-26(38)10-5-4-6-13-45-25-16-22(24(43-2)17-23(25)32)29(39)37-28-19-12-11-18(14-19)27(28)30(40)36-20-8-7-9-21(15-20)46(41,42)31(33,34)35/h7-9,15-19,27-28H,3-6,10-14H2,1-2H3,(H,36,40)(H,37,39). The number of hydrogen-bond donors (Lipinski definition) is 2. The van der Waals surface area contributed by atoms with Crippen LogP contribution in [0, 0.1) is 23.6 Å². The number of rotatable bonds is 14. The van der Waals surface area contributed by atoms with Crippen LogP contribution in [0.2, 0.25) is 0 Å². The Morgan fingerprint density at radius 2 is 1.74 bits per heavy atom. The first-order valence-electron chi connectivity index (χ1n) is 15.0. The lowest BCUT2D eigenvalue weighted by molar-refractivity contribution is -0.143. The Bertz CT molecular complexity index is 1550. The fourth-order valence-corrected chi connectivity index (χ4v) is 6.97. The molecule has 15 heteroatoms. The number of nitrogens with one attached hydrogen (secondary N) is 2. The molecule has 0 heterocycles. The van der Waals surface area contributed by atoms with Crippen LogP contribution in [0.25, 0.3) is 0 Å². The van der Waals surface area contributed by atoms with Gasteiger partial charge >= 0.3 is 11.5 Å². The monoisotopic (exact) mass is 672 g/mol. The Balaban J connectivity index is 1.44. The highest BCUT2D eigenvalue weighted by atomic mass is 32.2. The van der Waals surface area contributed by atoms with Crippen LogP contribution in [-0.2, 0) is 24.2 Å². The van der Waals surface area contributed by atoms with Gasteiger partial charge in [0.2, 0.25) is 5.91 Å². The number of esters is 1. The van der Waals surface area contributed by atoms with Gasteiger partial charge in [0, 0.05) is 24.2 Å². The number of amides is 2. The van der Waals surface area contributed by atoms with Gasteiger partial charge in [-0.15, -0.1) is 0 Å². The SMILES string of the molecule is CCOC(=O)CCCCCOc1cc(C(=O)NC2C3CCC(C3)C2C(=O)Nc2cccc(S(=O)(=O)C(F)(F)F)c2)c(OC)cc1F. The number of unbranched alkanes of at least 4 members (excludes halogenated alkanes) is 2. The van der Waals surface area contributed by atoms with Gasteiger partial charge in [0.25, 0.3) is 15.7 Å². The maximum Gasteiger partial charge on any atom is 0.501 e. The topological polar surface area (TPSA) is 137 Å². The molecule has 2 aliphatic rings. The number of benzene rings is 2. The molecule has 2 aromatic rings. The highest BCUT2D eigenvalue weighted by molar-refractivity contribution is 7.92. The predicted molar refractivity (Wildman–Crippen MR) is 157 cm³/mol. The zero-order valence-corrected chi connectivity index (χ0v) is 26.1. The van der Waals surface area contributed by atoms with Crippen LogP contribution in [0.15, 0.2) is 41.3 Å². The van der Waals surface area contributed by atoms with Gasteiger partial charge < -0.3 is 24.8 Å². The van der Waals surface area contributed by atoms with Gasteiger partial charge in [0.05, 0.1) is 36.7 Å². The summed E-state index contributed by atoms with van der Waals surface area (Å²) in [4.78, 5) is 37.4. The van der Waals surface area contributed by atoms with Crippen molar-refractivity contribution in [1.82, 2.24) is 5.32 Å². The van der Waals surface area contributed by atoms with Crippen molar-refractivity contribution >= 4 is 33.3 Å². The molecule has 2 N–H and O–H groups in total. The molecule has 2 amide bonds. The Labute approximate surface area is 264 Å². The lowest BCUT2D eigenvalue weighted by atomic mass is 9.83. The fraction of sp³-hybridized carbons (Fsp3) is 0.516. The van der Waals surface area contributed by atoms with Crippen molar-refractivity contribution in [1.29, 1.82) is 0 Å². The van der Waals surface area contributed by atoms with E-state index < -0.39 is 49.8 Å². The fourth-order valence-electron chi connectivity index (χ4n) is 6.16. The number of hydrogen-bond acceptors (Lipinski definition) is 8. The predicted octanol–water partition coefficient (Wildman–Crippen LogP) is 5.41. The van der Waals surface area contributed by atoms with E-state index in [1.807, 2.05) is 0 Å². The molecule has 252 valence electrons. The Morgan fingerprint density at radius 3 is 2.43 bits per heavy atom. The van der Waals surface area contributed by atoms with E-state index in [9.17, 15) is 40.4 Å². The van der Waals surface area contributed by atoms with Gasteiger partial charge in [-0.2, -0.15) is 13.2 Å². The van der Waals surface area contributed by atoms with Crippen LogP contribution in [0.4, 0.5) is 23.2 Å². The van der Waals surface area contributed by atoms with Gasteiger partial charge in [-0.05, 0) is 81.5 Å². The van der Waals surface area contributed by atoms with Crippen LogP contribution >= 0.6 is 0 Å². The van der Waals surface area contributed by atoms with E-state index in [0.29, 0.717) is 38.7 Å². The molecule has 2 bridgehead atoms. The Kier molecular flexibility index (Phi) is 11.2. The maximum absolute atomic E-state index is 14.8. The molecule has 4 rings (SSSR count). The largest absolute Gasteiger partial charge is 0.501 e. The van der Waals surface area contributed by atoms with Gasteiger partial charge in [-0.1, -0.05) is 6.07 Å². The van der Waals surface area contributed by atoms with Gasteiger partial charge in [-0.25, -0.2) is 12.8 Å². The number of fused-ring (bicyclic) bond motifs is 2. The number of alkyl halides is 3. The van der Waals surface area contributed by atoms with Crippen molar-refractivity contribution in [3.05, 3.63) is 47.8 Å². The van der Waals surface area contributed by atoms with Crippen LogP contribution in [-0.4, -0.2) is 58.1 Å². The summed E-state index contributed by atoms with van der Waals surface area (Å²) in [5.41, 5.74) is -5.66. The zero-order chi connectivity index (χ0) is 33.6. The summed E-state index contributed by atoms with van der Waals surface area (Å²) in [6.45, 7) is 2.16. The van der Waals surface area contributed by atoms with Crippen molar-refractivity contribution in [2.75, 3.05) is 25.6 Å². The molecule has 46 heavy (non-hydrogen) atoms. The quantitative estimate of drug-likeness (QED) is 0.154. The van der Waals surface area contributed by atoms with E-state index in [1.54, 1.807) is 6.92 Å². The third-order valence-corrected chi connectivity index (χ3v) is 9.80. The molecule has 4 unspecified atom stereocenters. The van der Waals surface area contributed by atoms with Crippen LogP contribution in [0.1, 0.15) is 62.2 Å². The number of carbonyl (C=O) groups excluding carboxylic acids is 3. The molecule has 2 aliphatic carbocycles. The average Bonchev–Trinajstić information content (AvgIpc) is 3.61. The number of ether oxygens (including phenoxy) is 3. The van der Waals surface area contributed by atoms with E-state index in [1.165, 1.54) is 19.2 Å². The summed E-state index contributed by atoms with van der Waals surface area (Å²) in [6.07, 6.45) is 4.09. The maximum atomic E-state index is 14.8. The molecule has 0 spiro atoms. The highest BCUT2D eigenvalue weighted by Gasteiger charge is 2.52. The van der Waals surface area contributed by atoms with E-state index in [2.05, 4.69) is 10.6 Å². The van der Waals surface area contributed by atoms with Crippen LogP contribution in [0.3, 0.4) is 0 Å². The second-order valence-electron chi connectivity index (χ2n) is 11.3. The molecular weight excluding hydrogens is 636 g/mol. The van der Waals surface area contributed by atoms with Crippen LogP contribution in [0.5, 0.6) is 11.5 Å². The first-order chi connectivity index (χ1) is 21.8. The minimum Gasteiger partial charge on any atom is -0.496 e. The Hall–Kier alpha value is -3.88. The molecule has 2 saturated carbocycles. The van der Waals surface area contributed by atoms with Gasteiger partial charge in [0.1, 0.15) is 5.75 Å². The number of carbonyl (C=O) groups is 3. The summed E-state index contributed by atoms with van der Waals surface area (Å²) in [5, 5.41) is 5.40. The summed E-state index contributed by atoms with van der Waals surface area (Å²) >= 11 is 0. The number of methoxy groups -OCH3 is 1. The van der Waals surface area contributed by atoms with Crippen molar-refractivity contribution < 1.29 is 54.6 Å². The normalized spacial score (nSPS) is 20.7. The van der Waals surface area contributed by atoms with Crippen molar-refractivity contribution in [3.8, 4) is 11.5 Å². The lowest BCUT2D eigenvalue weighted by Gasteiger charge is -2.31. The molecule has 0 aliphatic heterocycles. The van der Waals surface area contributed by atoms with Crippen molar-refractivity contribution in [2.45, 2.75) is 68.3 Å². The molecule has 4 atom stereocenters. The smallest absolute Gasteiger partial charge is 0.496 e. The van der Waals surface area contributed by atoms with E-state index >= 15 is 0 Å². The third-order valence-electron chi connectivity index (χ3n) is 8.32. The minimum atomic E-state index is -5.62. The third kappa shape index (κ3) is 7.91. The minimum absolute atomic E-state index is 0.0202. The van der Waals surface area contributed by atoms with Gasteiger partial charge in [0.15, 0.2) is 11.6 Å². The molecule has 10 nitrogen and oxygen atoms in total. The lowest BCUT2D eigenvalue weighted by Crippen LogP contribution is -2.48. The van der Waals surface area contributed by atoms with E-state index in [-0.39, 0.29) is 53.6 Å². The molecule has 0 saturated heterocycles. The second kappa shape index (κ2) is 14.7. The van der Waals surface area contributed by atoms with Crippen molar-refractivity contribution in [2.24, 2.45) is 17.8 Å². The number of halogens is 4.